The molecule has 0 unspecified atom stereocenters. The van der Waals surface area contributed by atoms with Gasteiger partial charge in [-0.05, 0) is 5.92 Å². The van der Waals surface area contributed by atoms with Crippen LogP contribution in [0.2, 0.25) is 0 Å². The fourth-order valence-electron chi connectivity index (χ4n) is 1.41. The van der Waals surface area contributed by atoms with E-state index in [1.54, 1.807) is 0 Å². The zero-order valence-electron chi connectivity index (χ0n) is 10.6. The van der Waals surface area contributed by atoms with E-state index in [1.165, 1.54) is 17.1 Å². The lowest BCUT2D eigenvalue weighted by Gasteiger charge is -2.16. The Kier molecular flexibility index (Phi) is 4.85. The third-order valence-corrected chi connectivity index (χ3v) is 2.78. The number of rotatable bonds is 6. The Morgan fingerprint density at radius 2 is 2.22 bits per heavy atom. The summed E-state index contributed by atoms with van der Waals surface area (Å²) in [6, 6.07) is -0.561. The molecular weight excluding hydrogens is 234 g/mol. The van der Waals surface area contributed by atoms with Crippen LogP contribution in [0.15, 0.2) is 12.4 Å². The summed E-state index contributed by atoms with van der Waals surface area (Å²) in [4.78, 5) is 22.5. The maximum absolute atomic E-state index is 11.8. The van der Waals surface area contributed by atoms with Gasteiger partial charge in [-0.15, -0.1) is 0 Å². The van der Waals surface area contributed by atoms with Crippen LogP contribution in [0.25, 0.3) is 0 Å². The molecule has 0 saturated heterocycles. The van der Waals surface area contributed by atoms with Gasteiger partial charge in [-0.1, -0.05) is 20.3 Å². The number of amides is 2. The molecule has 2 atom stereocenters. The third-order valence-electron chi connectivity index (χ3n) is 2.78. The number of anilines is 1. The minimum Gasteiger partial charge on any atom is -0.368 e. The van der Waals surface area contributed by atoms with Gasteiger partial charge in [0.25, 0.3) is 0 Å². The first-order valence-electron chi connectivity index (χ1n) is 5.81. The van der Waals surface area contributed by atoms with Gasteiger partial charge >= 0.3 is 0 Å². The Labute approximate surface area is 106 Å². The van der Waals surface area contributed by atoms with Crippen LogP contribution in [-0.2, 0) is 16.1 Å². The molecular formula is C11H19N5O2. The second-order valence-electron chi connectivity index (χ2n) is 4.29. The summed E-state index contributed by atoms with van der Waals surface area (Å²) in [6.07, 6.45) is 3.81. The molecule has 100 valence electrons. The maximum atomic E-state index is 11.8. The molecule has 1 aromatic heterocycles. The Balaban J connectivity index is 2.59. The van der Waals surface area contributed by atoms with E-state index in [-0.39, 0.29) is 18.4 Å². The van der Waals surface area contributed by atoms with Crippen LogP contribution in [0.5, 0.6) is 0 Å². The largest absolute Gasteiger partial charge is 0.368 e. The van der Waals surface area contributed by atoms with E-state index >= 15 is 0 Å². The maximum Gasteiger partial charge on any atom is 0.241 e. The number of aromatic nitrogens is 2. The van der Waals surface area contributed by atoms with Crippen molar-refractivity contribution in [3.63, 3.8) is 0 Å². The average Bonchev–Trinajstić information content (AvgIpc) is 2.73. The van der Waals surface area contributed by atoms with Gasteiger partial charge in [0.15, 0.2) is 0 Å². The van der Waals surface area contributed by atoms with E-state index in [1.807, 2.05) is 13.8 Å². The molecule has 2 amide bonds. The molecule has 0 aromatic carbocycles. The SMILES string of the molecule is CC[C@H](C)[C@H](N)C(=O)Nc1cnn(CC(N)=O)c1. The second-order valence-corrected chi connectivity index (χ2v) is 4.29. The van der Waals surface area contributed by atoms with Crippen molar-refractivity contribution in [2.24, 2.45) is 17.4 Å². The summed E-state index contributed by atoms with van der Waals surface area (Å²) < 4.78 is 1.35. The molecule has 1 aromatic rings. The number of nitrogens with zero attached hydrogens (tertiary/aromatic N) is 2. The van der Waals surface area contributed by atoms with Crippen LogP contribution in [0.3, 0.4) is 0 Å². The summed E-state index contributed by atoms with van der Waals surface area (Å²) in [5, 5.41) is 6.55. The molecule has 7 heteroatoms. The summed E-state index contributed by atoms with van der Waals surface area (Å²) in [5.74, 6) is -0.652. The zero-order valence-corrected chi connectivity index (χ0v) is 10.6. The van der Waals surface area contributed by atoms with Crippen molar-refractivity contribution in [1.29, 1.82) is 0 Å². The Hall–Kier alpha value is -1.89. The number of carbonyl (C=O) groups is 2. The van der Waals surface area contributed by atoms with Crippen LogP contribution in [0.4, 0.5) is 5.69 Å². The molecule has 1 heterocycles. The predicted octanol–water partition coefficient (Wildman–Crippen LogP) is -0.320. The van der Waals surface area contributed by atoms with Gasteiger partial charge in [0.05, 0.1) is 17.9 Å². The number of nitrogens with two attached hydrogens (primary N) is 2. The normalized spacial score (nSPS) is 13.9. The lowest BCUT2D eigenvalue weighted by Crippen LogP contribution is -2.40. The topological polar surface area (TPSA) is 116 Å². The molecule has 0 bridgehead atoms. The average molecular weight is 253 g/mol. The number of carbonyl (C=O) groups excluding carboxylic acids is 2. The number of nitrogens with one attached hydrogen (secondary N) is 1. The Morgan fingerprint density at radius 3 is 2.78 bits per heavy atom. The van der Waals surface area contributed by atoms with E-state index in [0.29, 0.717) is 5.69 Å². The highest BCUT2D eigenvalue weighted by atomic mass is 16.2. The lowest BCUT2D eigenvalue weighted by molar-refractivity contribution is -0.119. The van der Waals surface area contributed by atoms with Crippen molar-refractivity contribution in [2.45, 2.75) is 32.9 Å². The molecule has 0 fully saturated rings. The molecule has 5 N–H and O–H groups in total. The predicted molar refractivity (Wildman–Crippen MR) is 67.5 cm³/mol. The summed E-state index contributed by atoms with van der Waals surface area (Å²) >= 11 is 0. The van der Waals surface area contributed by atoms with Crippen molar-refractivity contribution in [1.82, 2.24) is 9.78 Å². The first-order chi connectivity index (χ1) is 8.43. The van der Waals surface area contributed by atoms with Gasteiger partial charge in [-0.3, -0.25) is 14.3 Å². The number of primary amides is 1. The summed E-state index contributed by atoms with van der Waals surface area (Å²) in [6.45, 7) is 3.87. The first-order valence-corrected chi connectivity index (χ1v) is 5.81. The van der Waals surface area contributed by atoms with E-state index in [2.05, 4.69) is 10.4 Å². The van der Waals surface area contributed by atoms with Gasteiger partial charge < -0.3 is 16.8 Å². The third kappa shape index (κ3) is 3.85. The van der Waals surface area contributed by atoms with Crippen molar-refractivity contribution in [2.75, 3.05) is 5.32 Å². The highest BCUT2D eigenvalue weighted by Crippen LogP contribution is 2.09. The van der Waals surface area contributed by atoms with Crippen LogP contribution < -0.4 is 16.8 Å². The van der Waals surface area contributed by atoms with E-state index in [9.17, 15) is 9.59 Å². The Morgan fingerprint density at radius 1 is 1.56 bits per heavy atom. The second kappa shape index (κ2) is 6.15. The quantitative estimate of drug-likeness (QED) is 0.644. The van der Waals surface area contributed by atoms with Crippen molar-refractivity contribution in [3.05, 3.63) is 12.4 Å². The molecule has 18 heavy (non-hydrogen) atoms. The van der Waals surface area contributed by atoms with Gasteiger partial charge in [0.2, 0.25) is 11.8 Å². The molecule has 7 nitrogen and oxygen atoms in total. The van der Waals surface area contributed by atoms with Crippen LogP contribution in [0.1, 0.15) is 20.3 Å². The zero-order chi connectivity index (χ0) is 13.7. The standard InChI is InChI=1S/C11H19N5O2/c1-3-7(2)10(13)11(18)15-8-4-14-16(5-8)6-9(12)17/h4-5,7,10H,3,6,13H2,1-2H3,(H2,12,17)(H,15,18)/t7-,10-/m0/s1. The molecule has 0 aliphatic heterocycles. The summed E-state index contributed by atoms with van der Waals surface area (Å²) in [5.41, 5.74) is 11.3. The first kappa shape index (κ1) is 14.2. The van der Waals surface area contributed by atoms with Gasteiger partial charge in [0, 0.05) is 6.20 Å². The molecule has 0 saturated carbocycles. The van der Waals surface area contributed by atoms with E-state index < -0.39 is 11.9 Å². The van der Waals surface area contributed by atoms with Gasteiger partial charge in [0.1, 0.15) is 6.54 Å². The minimum atomic E-state index is -0.561. The van der Waals surface area contributed by atoms with E-state index in [0.717, 1.165) is 6.42 Å². The number of hydrogen-bond acceptors (Lipinski definition) is 4. The number of hydrogen-bond donors (Lipinski definition) is 3. The smallest absolute Gasteiger partial charge is 0.241 e. The fraction of sp³-hybridized carbons (Fsp3) is 0.545. The highest BCUT2D eigenvalue weighted by molar-refractivity contribution is 5.94. The van der Waals surface area contributed by atoms with Crippen molar-refractivity contribution in [3.8, 4) is 0 Å². The van der Waals surface area contributed by atoms with Crippen LogP contribution >= 0.6 is 0 Å². The molecule has 1 rings (SSSR count). The molecule has 0 radical (unpaired) electrons. The van der Waals surface area contributed by atoms with Crippen molar-refractivity contribution >= 4 is 17.5 Å². The lowest BCUT2D eigenvalue weighted by atomic mass is 9.99. The molecule has 0 spiro atoms. The van der Waals surface area contributed by atoms with E-state index in [4.69, 9.17) is 11.5 Å². The van der Waals surface area contributed by atoms with Crippen LogP contribution in [0, 0.1) is 5.92 Å². The van der Waals surface area contributed by atoms with Gasteiger partial charge in [-0.25, -0.2) is 0 Å². The summed E-state index contributed by atoms with van der Waals surface area (Å²) in [7, 11) is 0. The molecule has 0 aliphatic carbocycles. The monoisotopic (exact) mass is 253 g/mol. The fourth-order valence-corrected chi connectivity index (χ4v) is 1.41. The molecule has 0 aliphatic rings. The Bertz CT molecular complexity index is 429. The minimum absolute atomic E-state index is 0.0205. The van der Waals surface area contributed by atoms with Crippen molar-refractivity contribution < 1.29 is 9.59 Å². The van der Waals surface area contributed by atoms with Crippen LogP contribution in [-0.4, -0.2) is 27.6 Å². The van der Waals surface area contributed by atoms with Gasteiger partial charge in [-0.2, -0.15) is 5.10 Å². The highest BCUT2D eigenvalue weighted by Gasteiger charge is 2.19.